The number of carbonyl (C=O) groups excluding carboxylic acids is 1. The summed E-state index contributed by atoms with van der Waals surface area (Å²) < 4.78 is 11.0. The summed E-state index contributed by atoms with van der Waals surface area (Å²) in [6, 6.07) is 3.82. The van der Waals surface area contributed by atoms with Crippen LogP contribution in [0.3, 0.4) is 0 Å². The molecule has 2 N–H and O–H groups in total. The number of rotatable bonds is 6. The topological polar surface area (TPSA) is 52.0 Å². The number of aryl methyl sites for hydroxylation is 1. The van der Waals surface area contributed by atoms with Crippen molar-refractivity contribution in [3.63, 3.8) is 0 Å². The van der Waals surface area contributed by atoms with Crippen LogP contribution in [0, 0.1) is 0 Å². The molecular weight excluding hydrogens is 268 g/mol. The van der Waals surface area contributed by atoms with E-state index in [2.05, 4.69) is 19.2 Å². The Morgan fingerprint density at radius 2 is 2.14 bits per heavy atom. The Balaban J connectivity index is 2.16. The van der Waals surface area contributed by atoms with E-state index in [1.165, 1.54) is 4.90 Å². The zero-order chi connectivity index (χ0) is 15.2. The third-order valence-electron chi connectivity index (χ3n) is 3.90. The first kappa shape index (κ1) is 15.6. The van der Waals surface area contributed by atoms with Gasteiger partial charge in [0.2, 0.25) is 0 Å². The highest BCUT2D eigenvalue weighted by Crippen LogP contribution is 2.36. The maximum absolute atomic E-state index is 12.2. The highest BCUT2D eigenvalue weighted by Gasteiger charge is 2.19. The van der Waals surface area contributed by atoms with Gasteiger partial charge in [-0.25, -0.2) is 0 Å². The van der Waals surface area contributed by atoms with Gasteiger partial charge in [-0.1, -0.05) is 0 Å². The number of quaternary nitrogens is 1. The number of anilines is 1. The molecular formula is C16H25N2O3+. The lowest BCUT2D eigenvalue weighted by Crippen LogP contribution is -3.12. The van der Waals surface area contributed by atoms with Gasteiger partial charge in [-0.2, -0.15) is 0 Å². The van der Waals surface area contributed by atoms with Crippen LogP contribution in [-0.2, 0) is 11.2 Å². The molecule has 1 aliphatic heterocycles. The number of carbonyl (C=O) groups is 1. The van der Waals surface area contributed by atoms with Crippen LogP contribution in [0.2, 0.25) is 0 Å². The first-order chi connectivity index (χ1) is 10.2. The third kappa shape index (κ3) is 3.88. The Labute approximate surface area is 126 Å². The quantitative estimate of drug-likeness (QED) is 0.819. The fourth-order valence-electron chi connectivity index (χ4n) is 2.58. The first-order valence-corrected chi connectivity index (χ1v) is 7.65. The molecule has 0 saturated carbocycles. The molecule has 0 spiro atoms. The Morgan fingerprint density at radius 1 is 1.38 bits per heavy atom. The van der Waals surface area contributed by atoms with Crippen molar-refractivity contribution < 1.29 is 19.2 Å². The molecule has 0 saturated heterocycles. The number of benzene rings is 1. The summed E-state index contributed by atoms with van der Waals surface area (Å²) in [6.45, 7) is 7.22. The van der Waals surface area contributed by atoms with E-state index in [9.17, 15) is 4.79 Å². The van der Waals surface area contributed by atoms with Gasteiger partial charge in [0.05, 0.1) is 32.5 Å². The molecule has 5 heteroatoms. The van der Waals surface area contributed by atoms with Gasteiger partial charge in [0.25, 0.3) is 5.91 Å². The predicted octanol–water partition coefficient (Wildman–Crippen LogP) is 0.883. The Morgan fingerprint density at radius 3 is 2.81 bits per heavy atom. The van der Waals surface area contributed by atoms with E-state index < -0.39 is 0 Å². The number of nitrogens with one attached hydrogen (secondary N) is 2. The SMILES string of the molecule is CC[NH+](CC)CC(=O)Nc1cc(OC)cc2c1OCCC2. The number of fused-ring (bicyclic) bond motifs is 1. The molecule has 1 amide bonds. The van der Waals surface area contributed by atoms with Gasteiger partial charge in [0.1, 0.15) is 11.5 Å². The number of amides is 1. The number of ether oxygens (including phenoxy) is 2. The molecule has 21 heavy (non-hydrogen) atoms. The van der Waals surface area contributed by atoms with E-state index in [1.807, 2.05) is 12.1 Å². The lowest BCUT2D eigenvalue weighted by atomic mass is 10.0. The fourth-order valence-corrected chi connectivity index (χ4v) is 2.58. The molecule has 5 nitrogen and oxygen atoms in total. The second kappa shape index (κ2) is 7.31. The van der Waals surface area contributed by atoms with Crippen LogP contribution < -0.4 is 19.7 Å². The minimum Gasteiger partial charge on any atom is -0.497 e. The molecule has 0 bridgehead atoms. The van der Waals surface area contributed by atoms with Gasteiger partial charge in [-0.15, -0.1) is 0 Å². The monoisotopic (exact) mass is 293 g/mol. The maximum atomic E-state index is 12.2. The number of hydrogen-bond acceptors (Lipinski definition) is 3. The molecule has 0 fully saturated rings. The van der Waals surface area contributed by atoms with Gasteiger partial charge >= 0.3 is 0 Å². The second-order valence-electron chi connectivity index (χ2n) is 5.30. The first-order valence-electron chi connectivity index (χ1n) is 7.65. The summed E-state index contributed by atoms with van der Waals surface area (Å²) in [5, 5.41) is 2.98. The molecule has 0 unspecified atom stereocenters. The van der Waals surface area contributed by atoms with Crippen LogP contribution >= 0.6 is 0 Å². The van der Waals surface area contributed by atoms with Gasteiger partial charge < -0.3 is 19.7 Å². The summed E-state index contributed by atoms with van der Waals surface area (Å²) >= 11 is 0. The van der Waals surface area contributed by atoms with Crippen LogP contribution in [0.15, 0.2) is 12.1 Å². The third-order valence-corrected chi connectivity index (χ3v) is 3.90. The second-order valence-corrected chi connectivity index (χ2v) is 5.30. The van der Waals surface area contributed by atoms with Crippen LogP contribution in [0.25, 0.3) is 0 Å². The van der Waals surface area contributed by atoms with Crippen LogP contribution in [-0.4, -0.2) is 39.3 Å². The van der Waals surface area contributed by atoms with Crippen molar-refractivity contribution in [3.05, 3.63) is 17.7 Å². The van der Waals surface area contributed by atoms with Crippen molar-refractivity contribution in [2.75, 3.05) is 38.7 Å². The number of likely N-dealkylation sites (N-methyl/N-ethyl adjacent to an activating group) is 1. The molecule has 0 atom stereocenters. The molecule has 2 rings (SSSR count). The van der Waals surface area contributed by atoms with Gasteiger partial charge in [0.15, 0.2) is 6.54 Å². The Hall–Kier alpha value is -1.75. The van der Waals surface area contributed by atoms with E-state index in [-0.39, 0.29) is 5.91 Å². The zero-order valence-electron chi connectivity index (χ0n) is 13.1. The molecule has 1 heterocycles. The molecule has 0 aromatic heterocycles. The van der Waals surface area contributed by atoms with Crippen molar-refractivity contribution in [2.24, 2.45) is 0 Å². The van der Waals surface area contributed by atoms with Crippen LogP contribution in [0.4, 0.5) is 5.69 Å². The van der Waals surface area contributed by atoms with E-state index in [0.717, 1.165) is 48.7 Å². The van der Waals surface area contributed by atoms with Crippen molar-refractivity contribution in [2.45, 2.75) is 26.7 Å². The molecule has 0 aliphatic carbocycles. The highest BCUT2D eigenvalue weighted by molar-refractivity contribution is 5.93. The highest BCUT2D eigenvalue weighted by atomic mass is 16.5. The van der Waals surface area contributed by atoms with Crippen molar-refractivity contribution >= 4 is 11.6 Å². The summed E-state index contributed by atoms with van der Waals surface area (Å²) in [7, 11) is 1.64. The fraction of sp³-hybridized carbons (Fsp3) is 0.562. The van der Waals surface area contributed by atoms with Crippen molar-refractivity contribution in [1.82, 2.24) is 0 Å². The standard InChI is InChI=1S/C16H24N2O3/c1-4-18(5-2)11-15(19)17-14-10-13(20-3)9-12-7-6-8-21-16(12)14/h9-10H,4-8,11H2,1-3H3,(H,17,19)/p+1. The molecule has 1 aromatic rings. The normalized spacial score (nSPS) is 13.5. The Bertz CT molecular complexity index is 499. The summed E-state index contributed by atoms with van der Waals surface area (Å²) in [6.07, 6.45) is 1.95. The minimum absolute atomic E-state index is 0.0123. The number of methoxy groups -OCH3 is 1. The van der Waals surface area contributed by atoms with Gasteiger partial charge in [-0.05, 0) is 32.8 Å². The zero-order valence-corrected chi connectivity index (χ0v) is 13.1. The molecule has 1 aromatic carbocycles. The van der Waals surface area contributed by atoms with Crippen LogP contribution in [0.5, 0.6) is 11.5 Å². The predicted molar refractivity (Wildman–Crippen MR) is 82.4 cm³/mol. The molecule has 116 valence electrons. The van der Waals surface area contributed by atoms with E-state index >= 15 is 0 Å². The maximum Gasteiger partial charge on any atom is 0.279 e. The average molecular weight is 293 g/mol. The largest absolute Gasteiger partial charge is 0.497 e. The summed E-state index contributed by atoms with van der Waals surface area (Å²) in [4.78, 5) is 13.5. The summed E-state index contributed by atoms with van der Waals surface area (Å²) in [5.41, 5.74) is 1.83. The van der Waals surface area contributed by atoms with Crippen LogP contribution in [0.1, 0.15) is 25.8 Å². The van der Waals surface area contributed by atoms with Gasteiger partial charge in [-0.3, -0.25) is 4.79 Å². The van der Waals surface area contributed by atoms with Crippen molar-refractivity contribution in [1.29, 1.82) is 0 Å². The lowest BCUT2D eigenvalue weighted by molar-refractivity contribution is -0.888. The smallest absolute Gasteiger partial charge is 0.279 e. The van der Waals surface area contributed by atoms with E-state index in [1.54, 1.807) is 7.11 Å². The Kier molecular flexibility index (Phi) is 5.44. The van der Waals surface area contributed by atoms with Crippen molar-refractivity contribution in [3.8, 4) is 11.5 Å². The van der Waals surface area contributed by atoms with E-state index in [0.29, 0.717) is 13.2 Å². The average Bonchev–Trinajstić information content (AvgIpc) is 2.52. The lowest BCUT2D eigenvalue weighted by Gasteiger charge is -2.22. The number of hydrogen-bond donors (Lipinski definition) is 2. The van der Waals surface area contributed by atoms with Gasteiger partial charge in [0, 0.05) is 11.6 Å². The molecule has 0 radical (unpaired) electrons. The summed E-state index contributed by atoms with van der Waals surface area (Å²) in [5.74, 6) is 1.56. The van der Waals surface area contributed by atoms with E-state index in [4.69, 9.17) is 9.47 Å². The molecule has 1 aliphatic rings. The minimum atomic E-state index is 0.0123.